The summed E-state index contributed by atoms with van der Waals surface area (Å²) in [6, 6.07) is 1.33. The second kappa shape index (κ2) is 4.30. The van der Waals surface area contributed by atoms with Crippen LogP contribution < -0.4 is 0 Å². The quantitative estimate of drug-likeness (QED) is 0.469. The number of esters is 1. The molecule has 0 spiro atoms. The molecule has 1 fully saturated rings. The van der Waals surface area contributed by atoms with Crippen molar-refractivity contribution in [2.75, 3.05) is 6.61 Å². The van der Waals surface area contributed by atoms with E-state index in [2.05, 4.69) is 5.10 Å². The van der Waals surface area contributed by atoms with Gasteiger partial charge in [-0.3, -0.25) is 14.4 Å². The largest absolute Gasteiger partial charge is 0.477 e. The van der Waals surface area contributed by atoms with E-state index in [1.54, 1.807) is 22.9 Å². The Labute approximate surface area is 124 Å². The van der Waals surface area contributed by atoms with Gasteiger partial charge in [0.1, 0.15) is 18.0 Å². The van der Waals surface area contributed by atoms with Gasteiger partial charge in [0.15, 0.2) is 0 Å². The summed E-state index contributed by atoms with van der Waals surface area (Å²) in [7, 11) is 0. The number of nitrogens with zero attached hydrogens (tertiary/aromatic N) is 3. The molecule has 1 aromatic heterocycles. The number of aromatic nitrogens is 2. The summed E-state index contributed by atoms with van der Waals surface area (Å²) in [6.45, 7) is 0.767. The Balaban J connectivity index is 1.62. The van der Waals surface area contributed by atoms with Crippen LogP contribution in [0.2, 0.25) is 0 Å². The van der Waals surface area contributed by atoms with Crippen LogP contribution in [0.25, 0.3) is 6.08 Å². The number of carboxylic acid groups (broad SMARTS) is 1. The summed E-state index contributed by atoms with van der Waals surface area (Å²) >= 11 is 0. The van der Waals surface area contributed by atoms with Crippen molar-refractivity contribution in [1.29, 1.82) is 0 Å². The lowest BCUT2D eigenvalue weighted by Gasteiger charge is -2.38. The van der Waals surface area contributed by atoms with Crippen LogP contribution in [0.4, 0.5) is 0 Å². The minimum Gasteiger partial charge on any atom is -0.477 e. The molecule has 0 radical (unpaired) electrons. The number of hydrogen-bond donors (Lipinski definition) is 1. The summed E-state index contributed by atoms with van der Waals surface area (Å²) in [5, 5.41) is 13.3. The Kier molecular flexibility index (Phi) is 2.50. The summed E-state index contributed by atoms with van der Waals surface area (Å²) in [4.78, 5) is 36.0. The van der Waals surface area contributed by atoms with Crippen LogP contribution in [0.15, 0.2) is 23.4 Å². The number of amides is 1. The van der Waals surface area contributed by atoms with Gasteiger partial charge in [0.25, 0.3) is 5.91 Å². The number of β-lactam (4-membered cyclic amide) rings is 1. The molecule has 1 unspecified atom stereocenters. The van der Waals surface area contributed by atoms with Gasteiger partial charge in [-0.1, -0.05) is 6.08 Å². The first-order valence-corrected chi connectivity index (χ1v) is 6.80. The Hall–Kier alpha value is -2.90. The Bertz CT molecular complexity index is 788. The maximum Gasteiger partial charge on any atom is 0.356 e. The van der Waals surface area contributed by atoms with Gasteiger partial charge < -0.3 is 9.84 Å². The van der Waals surface area contributed by atoms with E-state index in [1.807, 2.05) is 0 Å². The SMILES string of the molecule is O=C(O)C1=CCC2C(=Cc3cc4n(n3)CCOC4=O)C(=O)N12. The predicted molar refractivity (Wildman–Crippen MR) is 71.5 cm³/mol. The van der Waals surface area contributed by atoms with Gasteiger partial charge in [0.05, 0.1) is 18.3 Å². The third-order valence-electron chi connectivity index (χ3n) is 4.00. The number of fused-ring (bicyclic) bond motifs is 2. The zero-order valence-corrected chi connectivity index (χ0v) is 11.4. The second-order valence-corrected chi connectivity index (χ2v) is 5.23. The van der Waals surface area contributed by atoms with E-state index in [4.69, 9.17) is 9.84 Å². The highest BCUT2D eigenvalue weighted by Gasteiger charge is 2.48. The summed E-state index contributed by atoms with van der Waals surface area (Å²) in [5.41, 5.74) is 1.40. The van der Waals surface area contributed by atoms with E-state index in [0.717, 1.165) is 0 Å². The minimum absolute atomic E-state index is 0.0277. The lowest BCUT2D eigenvalue weighted by molar-refractivity contribution is -0.142. The van der Waals surface area contributed by atoms with E-state index in [-0.39, 0.29) is 24.3 Å². The molecular weight excluding hydrogens is 290 g/mol. The van der Waals surface area contributed by atoms with E-state index < -0.39 is 11.9 Å². The number of carbonyl (C=O) groups excluding carboxylic acids is 2. The first-order valence-electron chi connectivity index (χ1n) is 6.80. The molecular formula is C14H11N3O5. The number of aliphatic carboxylic acids is 1. The van der Waals surface area contributed by atoms with Crippen molar-refractivity contribution in [2.24, 2.45) is 0 Å². The molecule has 8 nitrogen and oxygen atoms in total. The number of cyclic esters (lactones) is 1. The second-order valence-electron chi connectivity index (χ2n) is 5.23. The average Bonchev–Trinajstić information content (AvgIpc) is 3.07. The maximum atomic E-state index is 12.1. The number of rotatable bonds is 2. The highest BCUT2D eigenvalue weighted by atomic mass is 16.5. The van der Waals surface area contributed by atoms with Crippen LogP contribution in [0, 0.1) is 0 Å². The predicted octanol–water partition coefficient (Wildman–Crippen LogP) is 0.0199. The number of ether oxygens (including phenoxy) is 1. The Morgan fingerprint density at radius 1 is 1.45 bits per heavy atom. The number of carbonyl (C=O) groups is 3. The fraction of sp³-hybridized carbons (Fsp3) is 0.286. The molecule has 8 heteroatoms. The van der Waals surface area contributed by atoms with Crippen molar-refractivity contribution in [3.8, 4) is 0 Å². The van der Waals surface area contributed by atoms with E-state index in [1.165, 1.54) is 4.90 Å². The number of carboxylic acids is 1. The van der Waals surface area contributed by atoms with Gasteiger partial charge in [-0.2, -0.15) is 5.10 Å². The van der Waals surface area contributed by atoms with Gasteiger partial charge in [-0.05, 0) is 18.6 Å². The van der Waals surface area contributed by atoms with Gasteiger partial charge in [0, 0.05) is 5.57 Å². The molecule has 1 atom stereocenters. The van der Waals surface area contributed by atoms with Crippen molar-refractivity contribution in [1.82, 2.24) is 14.7 Å². The summed E-state index contributed by atoms with van der Waals surface area (Å²) in [6.07, 6.45) is 3.64. The molecule has 0 saturated carbocycles. The zero-order chi connectivity index (χ0) is 15.4. The van der Waals surface area contributed by atoms with Gasteiger partial charge in [0.2, 0.25) is 0 Å². The van der Waals surface area contributed by atoms with Crippen LogP contribution in [-0.4, -0.2) is 50.3 Å². The molecule has 0 aliphatic carbocycles. The molecule has 4 heterocycles. The van der Waals surface area contributed by atoms with Crippen molar-refractivity contribution in [3.05, 3.63) is 34.8 Å². The number of hydrogen-bond acceptors (Lipinski definition) is 5. The summed E-state index contributed by atoms with van der Waals surface area (Å²) in [5.74, 6) is -1.86. The van der Waals surface area contributed by atoms with Crippen molar-refractivity contribution < 1.29 is 24.2 Å². The molecule has 1 amide bonds. The maximum absolute atomic E-state index is 12.1. The molecule has 4 rings (SSSR count). The first kappa shape index (κ1) is 12.8. The first-order chi connectivity index (χ1) is 10.6. The van der Waals surface area contributed by atoms with Crippen LogP contribution in [0.3, 0.4) is 0 Å². The van der Waals surface area contributed by atoms with Crippen LogP contribution in [0.1, 0.15) is 22.6 Å². The minimum atomic E-state index is -1.10. The van der Waals surface area contributed by atoms with E-state index in [0.29, 0.717) is 29.9 Å². The van der Waals surface area contributed by atoms with E-state index >= 15 is 0 Å². The Morgan fingerprint density at radius 3 is 3.00 bits per heavy atom. The average molecular weight is 301 g/mol. The Morgan fingerprint density at radius 2 is 2.27 bits per heavy atom. The van der Waals surface area contributed by atoms with Crippen molar-refractivity contribution in [3.63, 3.8) is 0 Å². The van der Waals surface area contributed by atoms with E-state index in [9.17, 15) is 14.4 Å². The highest BCUT2D eigenvalue weighted by Crippen LogP contribution is 2.38. The van der Waals surface area contributed by atoms with Gasteiger partial charge >= 0.3 is 11.9 Å². The third-order valence-corrected chi connectivity index (χ3v) is 4.00. The molecule has 1 saturated heterocycles. The highest BCUT2D eigenvalue weighted by molar-refractivity contribution is 6.11. The topological polar surface area (TPSA) is 102 Å². The normalized spacial score (nSPS) is 24.5. The molecule has 1 N–H and O–H groups in total. The lowest BCUT2D eigenvalue weighted by Crippen LogP contribution is -2.52. The van der Waals surface area contributed by atoms with Gasteiger partial charge in [-0.15, -0.1) is 0 Å². The third kappa shape index (κ3) is 1.63. The zero-order valence-electron chi connectivity index (χ0n) is 11.4. The standard InChI is InChI=1S/C14H11N3O5/c18-12-8(9-1-2-10(13(19)20)17(9)12)5-7-6-11-14(21)22-4-3-16(11)15-7/h2,5-6,9H,1,3-4H2,(H,19,20). The molecule has 112 valence electrons. The molecule has 3 aliphatic rings. The summed E-state index contributed by atoms with van der Waals surface area (Å²) < 4.78 is 6.47. The molecule has 0 bridgehead atoms. The van der Waals surface area contributed by atoms with Crippen LogP contribution in [-0.2, 0) is 20.9 Å². The molecule has 22 heavy (non-hydrogen) atoms. The lowest BCUT2D eigenvalue weighted by atomic mass is 9.93. The fourth-order valence-corrected chi connectivity index (χ4v) is 2.98. The van der Waals surface area contributed by atoms with Crippen LogP contribution in [0.5, 0.6) is 0 Å². The molecule has 3 aliphatic heterocycles. The van der Waals surface area contributed by atoms with Gasteiger partial charge in [-0.25, -0.2) is 9.59 Å². The molecule has 1 aromatic rings. The van der Waals surface area contributed by atoms with Crippen molar-refractivity contribution >= 4 is 23.9 Å². The fourth-order valence-electron chi connectivity index (χ4n) is 2.98. The monoisotopic (exact) mass is 301 g/mol. The smallest absolute Gasteiger partial charge is 0.356 e. The van der Waals surface area contributed by atoms with Crippen LogP contribution >= 0.6 is 0 Å². The van der Waals surface area contributed by atoms with Crippen molar-refractivity contribution in [2.45, 2.75) is 19.0 Å². The molecule has 0 aromatic carbocycles.